The van der Waals surface area contributed by atoms with Crippen LogP contribution in [0.4, 0.5) is 0 Å². The second kappa shape index (κ2) is 5.87. The largest absolute Gasteiger partial charge is 0.133 e. The van der Waals surface area contributed by atoms with Crippen LogP contribution in [0.2, 0.25) is 0 Å². The van der Waals surface area contributed by atoms with E-state index in [9.17, 15) is 0 Å². The van der Waals surface area contributed by atoms with E-state index in [1.165, 1.54) is 19.8 Å². The van der Waals surface area contributed by atoms with Crippen LogP contribution in [0.3, 0.4) is 0 Å². The van der Waals surface area contributed by atoms with Crippen molar-refractivity contribution < 1.29 is 0 Å². The Bertz CT molecular complexity index is 527. The first-order chi connectivity index (χ1) is 7.97. The molecule has 0 bridgehead atoms. The van der Waals surface area contributed by atoms with Crippen molar-refractivity contribution in [3.05, 3.63) is 53.0 Å². The van der Waals surface area contributed by atoms with Crippen LogP contribution in [0.5, 0.6) is 0 Å². The summed E-state index contributed by atoms with van der Waals surface area (Å²) >= 11 is 16.1. The van der Waals surface area contributed by atoms with Crippen molar-refractivity contribution in [3.8, 4) is 0 Å². The van der Waals surface area contributed by atoms with Crippen LogP contribution in [0.1, 0.15) is 20.8 Å². The molecule has 1 aromatic carbocycles. The zero-order valence-corrected chi connectivity index (χ0v) is 16.0. The molecule has 0 fully saturated rings. The van der Waals surface area contributed by atoms with Gasteiger partial charge in [-0.2, -0.15) is 0 Å². The van der Waals surface area contributed by atoms with Crippen molar-refractivity contribution in [2.75, 3.05) is 0 Å². The molecule has 0 nitrogen and oxygen atoms in total. The fourth-order valence-corrected chi connectivity index (χ4v) is 5.58. The molecule has 17 heavy (non-hydrogen) atoms. The topological polar surface area (TPSA) is 0 Å². The highest BCUT2D eigenvalue weighted by atomic mass is 79.9. The summed E-state index contributed by atoms with van der Waals surface area (Å²) in [5.41, 5.74) is 2.55. The summed E-state index contributed by atoms with van der Waals surface area (Å²) in [6.07, 6.45) is 0. The van der Waals surface area contributed by atoms with Gasteiger partial charge >= 0.3 is 0 Å². The first kappa shape index (κ1) is 14.3. The van der Waals surface area contributed by atoms with Gasteiger partial charge in [-0.25, -0.2) is 0 Å². The lowest BCUT2D eigenvalue weighted by atomic mass is 10.1. The fraction of sp³-hybridized carbons (Fsp3) is 0.167. The van der Waals surface area contributed by atoms with Crippen LogP contribution in [-0.4, -0.2) is 0 Å². The molecular weight excluding hydrogens is 496 g/mol. The van der Waals surface area contributed by atoms with Gasteiger partial charge in [0.1, 0.15) is 0 Å². The zero-order chi connectivity index (χ0) is 12.6. The summed E-state index contributed by atoms with van der Waals surface area (Å²) in [4.78, 5) is 1.55. The number of benzene rings is 1. The molecule has 0 saturated heterocycles. The molecule has 90 valence electrons. The normalized spacial score (nSPS) is 12.8. The smallest absolute Gasteiger partial charge is 0.0704 e. The minimum atomic E-state index is 0.221. The van der Waals surface area contributed by atoms with E-state index in [4.69, 9.17) is 0 Å². The Kier molecular flexibility index (Phi) is 4.92. The summed E-state index contributed by atoms with van der Waals surface area (Å²) in [5, 5.41) is 0. The third-order valence-electron chi connectivity index (χ3n) is 2.38. The highest BCUT2D eigenvalue weighted by Gasteiger charge is 2.16. The summed E-state index contributed by atoms with van der Waals surface area (Å²) in [6.45, 7) is 2.14. The molecule has 0 aliphatic rings. The summed E-state index contributed by atoms with van der Waals surface area (Å²) in [5.74, 6) is 0. The maximum absolute atomic E-state index is 3.77. The van der Waals surface area contributed by atoms with Crippen molar-refractivity contribution in [1.29, 1.82) is 0 Å². The molecule has 1 heterocycles. The third-order valence-corrected chi connectivity index (χ3v) is 5.88. The van der Waals surface area contributed by atoms with E-state index in [0.29, 0.717) is 0 Å². The Balaban J connectivity index is 2.43. The highest BCUT2D eigenvalue weighted by Crippen LogP contribution is 2.39. The van der Waals surface area contributed by atoms with E-state index in [1.54, 1.807) is 11.3 Å². The zero-order valence-electron chi connectivity index (χ0n) is 8.81. The molecule has 0 aliphatic heterocycles. The van der Waals surface area contributed by atoms with Crippen LogP contribution in [0.15, 0.2) is 37.0 Å². The maximum Gasteiger partial charge on any atom is 0.0704 e. The summed E-state index contributed by atoms with van der Waals surface area (Å²) in [7, 11) is 0. The van der Waals surface area contributed by atoms with Crippen molar-refractivity contribution in [1.82, 2.24) is 0 Å². The number of hydrogen-bond donors (Lipinski definition) is 0. The first-order valence-electron chi connectivity index (χ1n) is 4.83. The maximum atomic E-state index is 3.77. The third kappa shape index (κ3) is 3.44. The lowest BCUT2D eigenvalue weighted by molar-refractivity contribution is 1.16. The second-order valence-corrected chi connectivity index (χ2v) is 9.01. The van der Waals surface area contributed by atoms with Crippen LogP contribution >= 0.6 is 75.1 Å². The molecule has 1 unspecified atom stereocenters. The molecule has 2 aromatic rings. The lowest BCUT2D eigenvalue weighted by Gasteiger charge is -2.11. The quantitative estimate of drug-likeness (QED) is 0.394. The summed E-state index contributed by atoms with van der Waals surface area (Å²) in [6, 6.07) is 8.48. The molecule has 1 atom stereocenters. The van der Waals surface area contributed by atoms with E-state index in [2.05, 4.69) is 88.8 Å². The molecule has 0 radical (unpaired) electrons. The monoisotopic (exact) mass is 500 g/mol. The Labute approximate surface area is 138 Å². The van der Waals surface area contributed by atoms with E-state index in [-0.39, 0.29) is 4.83 Å². The number of halogens is 4. The predicted octanol–water partition coefficient (Wildman–Crippen LogP) is 6.83. The van der Waals surface area contributed by atoms with Crippen LogP contribution in [0, 0.1) is 6.92 Å². The van der Waals surface area contributed by atoms with Gasteiger partial charge in [-0.3, -0.25) is 0 Å². The second-order valence-electron chi connectivity index (χ2n) is 3.63. The van der Waals surface area contributed by atoms with Crippen molar-refractivity contribution >= 4 is 75.1 Å². The van der Waals surface area contributed by atoms with Gasteiger partial charge in [0.15, 0.2) is 0 Å². The van der Waals surface area contributed by atoms with Crippen molar-refractivity contribution in [3.63, 3.8) is 0 Å². The Morgan fingerprint density at radius 1 is 1.00 bits per heavy atom. The van der Waals surface area contributed by atoms with Crippen LogP contribution in [-0.2, 0) is 0 Å². The van der Waals surface area contributed by atoms with Gasteiger partial charge in [0.2, 0.25) is 0 Å². The molecule has 2 rings (SSSR count). The number of alkyl halides is 1. The Hall–Kier alpha value is 0.840. The molecule has 1 aromatic heterocycles. The minimum Gasteiger partial charge on any atom is -0.133 e. The SMILES string of the molecule is Cc1sc(Br)cc1C(Br)c1cc(Br)cc(Br)c1. The van der Waals surface area contributed by atoms with E-state index < -0.39 is 0 Å². The molecule has 0 aliphatic carbocycles. The van der Waals surface area contributed by atoms with Gasteiger partial charge in [0.25, 0.3) is 0 Å². The van der Waals surface area contributed by atoms with Crippen molar-refractivity contribution in [2.45, 2.75) is 11.8 Å². The molecule has 0 N–H and O–H groups in total. The van der Waals surface area contributed by atoms with Gasteiger partial charge in [-0.1, -0.05) is 47.8 Å². The van der Waals surface area contributed by atoms with Gasteiger partial charge in [-0.15, -0.1) is 11.3 Å². The number of rotatable bonds is 2. The predicted molar refractivity (Wildman–Crippen MR) is 89.4 cm³/mol. The Morgan fingerprint density at radius 3 is 2.06 bits per heavy atom. The molecule has 0 saturated carbocycles. The van der Waals surface area contributed by atoms with E-state index in [1.807, 2.05) is 6.07 Å². The summed E-state index contributed by atoms with van der Waals surface area (Å²) < 4.78 is 3.33. The average molecular weight is 504 g/mol. The van der Waals surface area contributed by atoms with Gasteiger partial charge in [-0.05, 0) is 58.2 Å². The number of hydrogen-bond acceptors (Lipinski definition) is 1. The number of aryl methyl sites for hydroxylation is 1. The van der Waals surface area contributed by atoms with Gasteiger partial charge in [0, 0.05) is 13.8 Å². The standard InChI is InChI=1S/C12H8Br4S/c1-6-10(5-11(15)17-6)12(16)7-2-8(13)4-9(14)3-7/h2-5,12H,1H3. The van der Waals surface area contributed by atoms with Crippen molar-refractivity contribution in [2.24, 2.45) is 0 Å². The Morgan fingerprint density at radius 2 is 1.59 bits per heavy atom. The molecule has 0 amide bonds. The van der Waals surface area contributed by atoms with E-state index in [0.717, 1.165) is 8.95 Å². The average Bonchev–Trinajstić information content (AvgIpc) is 2.55. The van der Waals surface area contributed by atoms with Crippen LogP contribution in [0.25, 0.3) is 0 Å². The lowest BCUT2D eigenvalue weighted by Crippen LogP contribution is -1.92. The fourth-order valence-electron chi connectivity index (χ4n) is 1.61. The van der Waals surface area contributed by atoms with Gasteiger partial charge in [0.05, 0.1) is 8.61 Å². The van der Waals surface area contributed by atoms with E-state index >= 15 is 0 Å². The molecular formula is C12H8Br4S. The van der Waals surface area contributed by atoms with Crippen LogP contribution < -0.4 is 0 Å². The molecule has 5 heteroatoms. The minimum absolute atomic E-state index is 0.221. The van der Waals surface area contributed by atoms with Gasteiger partial charge < -0.3 is 0 Å². The molecule has 0 spiro atoms. The first-order valence-corrected chi connectivity index (χ1v) is 8.94. The number of thiophene rings is 1. The highest BCUT2D eigenvalue weighted by molar-refractivity contribution is 9.11.